The summed E-state index contributed by atoms with van der Waals surface area (Å²) < 4.78 is 40.6. The van der Waals surface area contributed by atoms with Crippen molar-refractivity contribution in [3.63, 3.8) is 0 Å². The van der Waals surface area contributed by atoms with Gasteiger partial charge in [-0.3, -0.25) is 9.67 Å². The highest BCUT2D eigenvalue weighted by Gasteiger charge is 2.45. The van der Waals surface area contributed by atoms with Gasteiger partial charge < -0.3 is 14.5 Å². The second-order valence-electron chi connectivity index (χ2n) is 10.7. The molecule has 2 aliphatic rings. The number of halogens is 2. The molecule has 1 unspecified atom stereocenters. The fourth-order valence-corrected chi connectivity index (χ4v) is 5.75. The van der Waals surface area contributed by atoms with Crippen molar-refractivity contribution in [3.05, 3.63) is 60.3 Å². The summed E-state index contributed by atoms with van der Waals surface area (Å²) in [5.41, 5.74) is 5.80. The van der Waals surface area contributed by atoms with E-state index < -0.39 is 5.92 Å². The molecule has 7 rings (SSSR count). The number of aromatic nitrogens is 6. The summed E-state index contributed by atoms with van der Waals surface area (Å²) in [5, 5.41) is 4.41. The fourth-order valence-electron chi connectivity index (χ4n) is 5.75. The molecule has 3 aromatic heterocycles. The first kappa shape index (κ1) is 24.1. The lowest BCUT2D eigenvalue weighted by molar-refractivity contribution is -0.114. The van der Waals surface area contributed by atoms with E-state index in [1.165, 1.54) is 0 Å². The summed E-state index contributed by atoms with van der Waals surface area (Å²) in [4.78, 5) is 17.5. The molecule has 39 heavy (non-hydrogen) atoms. The minimum absolute atomic E-state index is 0.0575. The SMILES string of the molecule is Cc1nc2ccc(Oc3ccc4ncc(-c5cnn(CC6CC(F)(F)C6)c5)nc4c3C3CCCOC3)cc2[nH]1. The van der Waals surface area contributed by atoms with Crippen LogP contribution in [0.25, 0.3) is 33.3 Å². The average Bonchev–Trinajstić information content (AvgIpc) is 3.53. The van der Waals surface area contributed by atoms with Crippen molar-refractivity contribution in [2.75, 3.05) is 13.2 Å². The molecule has 200 valence electrons. The normalized spacial score (nSPS) is 19.4. The molecule has 1 saturated carbocycles. The Morgan fingerprint density at radius 1 is 1.13 bits per heavy atom. The minimum Gasteiger partial charge on any atom is -0.457 e. The Labute approximate surface area is 223 Å². The van der Waals surface area contributed by atoms with Gasteiger partial charge >= 0.3 is 0 Å². The molecule has 10 heteroatoms. The Morgan fingerprint density at radius 3 is 2.82 bits per heavy atom. The van der Waals surface area contributed by atoms with E-state index in [1.54, 1.807) is 17.1 Å². The number of nitrogens with zero attached hydrogens (tertiary/aromatic N) is 5. The van der Waals surface area contributed by atoms with Crippen LogP contribution in [0.3, 0.4) is 0 Å². The highest BCUT2D eigenvalue weighted by Crippen LogP contribution is 2.43. The number of rotatable bonds is 6. The first-order valence-corrected chi connectivity index (χ1v) is 13.3. The Hall–Kier alpha value is -3.92. The van der Waals surface area contributed by atoms with Crippen LogP contribution in [-0.2, 0) is 11.3 Å². The van der Waals surface area contributed by atoms with E-state index in [1.807, 2.05) is 43.5 Å². The number of alkyl halides is 2. The van der Waals surface area contributed by atoms with E-state index in [2.05, 4.69) is 15.1 Å². The Morgan fingerprint density at radius 2 is 2.00 bits per heavy atom. The van der Waals surface area contributed by atoms with Crippen LogP contribution in [0.2, 0.25) is 0 Å². The number of hydrogen-bond acceptors (Lipinski definition) is 6. The number of fused-ring (bicyclic) bond motifs is 2. The second-order valence-corrected chi connectivity index (χ2v) is 10.7. The van der Waals surface area contributed by atoms with Crippen molar-refractivity contribution in [2.24, 2.45) is 5.92 Å². The fraction of sp³-hybridized carbons (Fsp3) is 0.379. The first-order valence-electron chi connectivity index (χ1n) is 13.3. The van der Waals surface area contributed by atoms with Gasteiger partial charge in [0.05, 0.1) is 46.8 Å². The molecule has 0 amide bonds. The summed E-state index contributed by atoms with van der Waals surface area (Å²) in [7, 11) is 0. The number of aromatic amines is 1. The van der Waals surface area contributed by atoms with E-state index in [0.29, 0.717) is 24.6 Å². The zero-order chi connectivity index (χ0) is 26.6. The number of H-pyrrole nitrogens is 1. The van der Waals surface area contributed by atoms with Crippen LogP contribution in [0, 0.1) is 12.8 Å². The lowest BCUT2D eigenvalue weighted by atomic mass is 9.81. The summed E-state index contributed by atoms with van der Waals surface area (Å²) >= 11 is 0. The van der Waals surface area contributed by atoms with Gasteiger partial charge in [-0.05, 0) is 49.9 Å². The van der Waals surface area contributed by atoms with Gasteiger partial charge in [0.1, 0.15) is 17.3 Å². The number of ether oxygens (including phenoxy) is 2. The third-order valence-electron chi connectivity index (χ3n) is 7.63. The molecular weight excluding hydrogens is 502 g/mol. The zero-order valence-corrected chi connectivity index (χ0v) is 21.5. The molecule has 0 bridgehead atoms. The molecule has 8 nitrogen and oxygen atoms in total. The van der Waals surface area contributed by atoms with Crippen LogP contribution in [-0.4, -0.2) is 48.9 Å². The van der Waals surface area contributed by atoms with Crippen LogP contribution in [0.5, 0.6) is 11.5 Å². The molecule has 0 radical (unpaired) electrons. The van der Waals surface area contributed by atoms with E-state index in [9.17, 15) is 8.78 Å². The zero-order valence-electron chi connectivity index (χ0n) is 21.5. The van der Waals surface area contributed by atoms with Gasteiger partial charge in [0, 0.05) is 55.3 Å². The summed E-state index contributed by atoms with van der Waals surface area (Å²) in [5.74, 6) is -0.199. The molecule has 1 aliphatic heterocycles. The minimum atomic E-state index is -2.54. The van der Waals surface area contributed by atoms with E-state index in [-0.39, 0.29) is 24.7 Å². The third-order valence-corrected chi connectivity index (χ3v) is 7.63. The van der Waals surface area contributed by atoms with Gasteiger partial charge in [-0.25, -0.2) is 18.7 Å². The maximum atomic E-state index is 13.3. The maximum Gasteiger partial charge on any atom is 0.248 e. The topological polar surface area (TPSA) is 90.7 Å². The first-order chi connectivity index (χ1) is 18.9. The van der Waals surface area contributed by atoms with Gasteiger partial charge in [0.2, 0.25) is 5.92 Å². The van der Waals surface area contributed by atoms with Gasteiger partial charge in [0.15, 0.2) is 0 Å². The molecule has 0 spiro atoms. The summed E-state index contributed by atoms with van der Waals surface area (Å²) in [6.45, 7) is 3.73. The van der Waals surface area contributed by atoms with Crippen LogP contribution in [0.1, 0.15) is 43.0 Å². The van der Waals surface area contributed by atoms with Gasteiger partial charge in [-0.1, -0.05) is 0 Å². The molecule has 4 heterocycles. The number of benzene rings is 2. The highest BCUT2D eigenvalue weighted by molar-refractivity contribution is 5.84. The number of imidazole rings is 1. The van der Waals surface area contributed by atoms with Crippen LogP contribution in [0.4, 0.5) is 8.78 Å². The molecule has 2 fully saturated rings. The largest absolute Gasteiger partial charge is 0.457 e. The molecule has 2 aromatic carbocycles. The van der Waals surface area contributed by atoms with Crippen LogP contribution >= 0.6 is 0 Å². The summed E-state index contributed by atoms with van der Waals surface area (Å²) in [6, 6.07) is 9.69. The smallest absolute Gasteiger partial charge is 0.248 e. The summed E-state index contributed by atoms with van der Waals surface area (Å²) in [6.07, 6.45) is 7.07. The monoisotopic (exact) mass is 530 g/mol. The quantitative estimate of drug-likeness (QED) is 0.273. The van der Waals surface area contributed by atoms with Crippen molar-refractivity contribution in [2.45, 2.75) is 51.0 Å². The van der Waals surface area contributed by atoms with Gasteiger partial charge in [-0.15, -0.1) is 0 Å². The number of hydrogen-bond donors (Lipinski definition) is 1. The number of aryl methyl sites for hydroxylation is 1. The molecule has 1 aliphatic carbocycles. The number of nitrogens with one attached hydrogen (secondary N) is 1. The van der Waals surface area contributed by atoms with Gasteiger partial charge in [0.25, 0.3) is 0 Å². The Bertz CT molecular complexity index is 1670. The predicted molar refractivity (Wildman–Crippen MR) is 142 cm³/mol. The lowest BCUT2D eigenvalue weighted by Crippen LogP contribution is -2.37. The highest BCUT2D eigenvalue weighted by atomic mass is 19.3. The molecule has 1 saturated heterocycles. The van der Waals surface area contributed by atoms with E-state index >= 15 is 0 Å². The van der Waals surface area contributed by atoms with Crippen molar-refractivity contribution in [1.29, 1.82) is 0 Å². The van der Waals surface area contributed by atoms with Crippen molar-refractivity contribution < 1.29 is 18.3 Å². The maximum absolute atomic E-state index is 13.3. The Kier molecular flexibility index (Phi) is 5.80. The van der Waals surface area contributed by atoms with E-state index in [4.69, 9.17) is 19.4 Å². The van der Waals surface area contributed by atoms with Crippen molar-refractivity contribution in [1.82, 2.24) is 29.7 Å². The lowest BCUT2D eigenvalue weighted by Gasteiger charge is -2.34. The average molecular weight is 531 g/mol. The third kappa shape index (κ3) is 4.73. The molecule has 1 N–H and O–H groups in total. The van der Waals surface area contributed by atoms with Crippen LogP contribution in [0.15, 0.2) is 48.9 Å². The molecule has 5 aromatic rings. The predicted octanol–water partition coefficient (Wildman–Crippen LogP) is 6.41. The van der Waals surface area contributed by atoms with E-state index in [0.717, 1.165) is 64.2 Å². The van der Waals surface area contributed by atoms with Crippen molar-refractivity contribution in [3.8, 4) is 22.8 Å². The molecule has 1 atom stereocenters. The Balaban J connectivity index is 1.25. The van der Waals surface area contributed by atoms with Crippen molar-refractivity contribution >= 4 is 22.1 Å². The van der Waals surface area contributed by atoms with Crippen LogP contribution < -0.4 is 4.74 Å². The second kappa shape index (κ2) is 9.37. The standard InChI is InChI=1S/C29H28F2N6O2/c1-17-34-22-5-4-21(9-24(22)35-17)39-26-7-6-23-28(27(26)19-3-2-8-38-16-19)36-25(13-32-23)20-12-33-37(15-20)14-18-10-29(30,31)11-18/h4-7,9,12-13,15,18-19H,2-3,8,10-11,14,16H2,1H3,(H,34,35). The molecular formula is C29H28F2N6O2. The van der Waals surface area contributed by atoms with Gasteiger partial charge in [-0.2, -0.15) is 5.10 Å².